The van der Waals surface area contributed by atoms with Crippen molar-refractivity contribution in [2.75, 3.05) is 6.54 Å². The van der Waals surface area contributed by atoms with Crippen molar-refractivity contribution in [1.29, 1.82) is 5.26 Å². The van der Waals surface area contributed by atoms with Crippen molar-refractivity contribution in [2.24, 2.45) is 5.41 Å². The summed E-state index contributed by atoms with van der Waals surface area (Å²) in [5, 5.41) is 17.5. The first kappa shape index (κ1) is 14.5. The fourth-order valence-corrected chi connectivity index (χ4v) is 2.89. The molecule has 0 spiro atoms. The average molecular weight is 275 g/mol. The smallest absolute Gasteiger partial charge is 0.243 e. The van der Waals surface area contributed by atoms with Crippen LogP contribution in [0.1, 0.15) is 45.4 Å². The molecular formula is C14H21N5O. The summed E-state index contributed by atoms with van der Waals surface area (Å²) >= 11 is 0. The van der Waals surface area contributed by atoms with Gasteiger partial charge in [-0.25, -0.2) is 0 Å². The number of nitriles is 1. The van der Waals surface area contributed by atoms with E-state index in [4.69, 9.17) is 0 Å². The third kappa shape index (κ3) is 2.53. The molecule has 0 aromatic carbocycles. The largest absolute Gasteiger partial charge is 0.332 e. The highest BCUT2D eigenvalue weighted by Crippen LogP contribution is 2.32. The minimum Gasteiger partial charge on any atom is -0.332 e. The molecule has 1 amide bonds. The van der Waals surface area contributed by atoms with Crippen LogP contribution in [0, 0.1) is 16.7 Å². The molecule has 1 aromatic heterocycles. The molecule has 6 nitrogen and oxygen atoms in total. The Hall–Kier alpha value is -1.90. The lowest BCUT2D eigenvalue weighted by Gasteiger charge is -2.34. The van der Waals surface area contributed by atoms with Crippen molar-refractivity contribution >= 4 is 5.91 Å². The van der Waals surface area contributed by atoms with Gasteiger partial charge in [0.1, 0.15) is 11.7 Å². The van der Waals surface area contributed by atoms with E-state index >= 15 is 0 Å². The first-order valence-corrected chi connectivity index (χ1v) is 7.24. The van der Waals surface area contributed by atoms with E-state index in [1.807, 2.05) is 18.4 Å². The minimum atomic E-state index is -0.869. The Bertz CT molecular complexity index is 510. The predicted molar refractivity (Wildman–Crippen MR) is 73.3 cm³/mol. The van der Waals surface area contributed by atoms with E-state index in [1.165, 1.54) is 0 Å². The van der Waals surface area contributed by atoms with Crippen molar-refractivity contribution in [3.05, 3.63) is 12.2 Å². The molecule has 1 aliphatic rings. The summed E-state index contributed by atoms with van der Waals surface area (Å²) in [6.45, 7) is 5.81. The number of rotatable bonds is 5. The van der Waals surface area contributed by atoms with Crippen molar-refractivity contribution in [1.82, 2.24) is 19.7 Å². The number of amides is 1. The van der Waals surface area contributed by atoms with Gasteiger partial charge in [0.25, 0.3) is 0 Å². The maximum absolute atomic E-state index is 12.8. The van der Waals surface area contributed by atoms with Crippen LogP contribution in [-0.2, 0) is 17.9 Å². The number of hydrogen-bond donors (Lipinski definition) is 0. The predicted octanol–water partition coefficient (Wildman–Crippen LogP) is 1.73. The third-order valence-electron chi connectivity index (χ3n) is 3.90. The van der Waals surface area contributed by atoms with Gasteiger partial charge >= 0.3 is 0 Å². The maximum Gasteiger partial charge on any atom is 0.243 e. The second-order valence-corrected chi connectivity index (χ2v) is 5.36. The number of aromatic nitrogens is 3. The Morgan fingerprint density at radius 1 is 1.40 bits per heavy atom. The summed E-state index contributed by atoms with van der Waals surface area (Å²) in [4.78, 5) is 14.6. The Labute approximate surface area is 119 Å². The van der Waals surface area contributed by atoms with E-state index in [1.54, 1.807) is 11.2 Å². The van der Waals surface area contributed by atoms with Crippen molar-refractivity contribution < 1.29 is 4.79 Å². The van der Waals surface area contributed by atoms with E-state index in [0.29, 0.717) is 32.5 Å². The average Bonchev–Trinajstić information content (AvgIpc) is 2.93. The molecule has 108 valence electrons. The van der Waals surface area contributed by atoms with Gasteiger partial charge in [0, 0.05) is 13.1 Å². The highest BCUT2D eigenvalue weighted by Gasteiger charge is 2.41. The highest BCUT2D eigenvalue weighted by atomic mass is 16.2. The second-order valence-electron chi connectivity index (χ2n) is 5.36. The van der Waals surface area contributed by atoms with E-state index in [9.17, 15) is 10.1 Å². The third-order valence-corrected chi connectivity index (χ3v) is 3.90. The number of fused-ring (bicyclic) bond motifs is 1. The van der Waals surface area contributed by atoms with Crippen LogP contribution in [0.3, 0.4) is 0 Å². The van der Waals surface area contributed by atoms with E-state index in [2.05, 4.69) is 16.3 Å². The molecule has 0 radical (unpaired) electrons. The molecule has 0 N–H and O–H groups in total. The van der Waals surface area contributed by atoms with Crippen LogP contribution >= 0.6 is 0 Å². The molecule has 2 heterocycles. The zero-order chi connectivity index (χ0) is 14.6. The van der Waals surface area contributed by atoms with Crippen LogP contribution < -0.4 is 0 Å². The van der Waals surface area contributed by atoms with Gasteiger partial charge in [-0.05, 0) is 12.8 Å². The molecule has 1 aliphatic heterocycles. The SMILES string of the molecule is CCCC(C#N)(CCC)C(=O)N1CCn2cnnc2C1. The maximum atomic E-state index is 12.8. The lowest BCUT2D eigenvalue weighted by atomic mass is 9.79. The first-order chi connectivity index (χ1) is 9.66. The summed E-state index contributed by atoms with van der Waals surface area (Å²) in [5.41, 5.74) is -0.869. The molecule has 20 heavy (non-hydrogen) atoms. The zero-order valence-electron chi connectivity index (χ0n) is 12.2. The molecule has 0 saturated heterocycles. The highest BCUT2D eigenvalue weighted by molar-refractivity contribution is 5.85. The summed E-state index contributed by atoms with van der Waals surface area (Å²) in [6.07, 6.45) is 4.61. The van der Waals surface area contributed by atoms with Gasteiger partial charge in [0.15, 0.2) is 5.82 Å². The van der Waals surface area contributed by atoms with Crippen molar-refractivity contribution in [3.63, 3.8) is 0 Å². The van der Waals surface area contributed by atoms with Gasteiger partial charge in [-0.15, -0.1) is 10.2 Å². The Morgan fingerprint density at radius 3 is 2.70 bits per heavy atom. The van der Waals surface area contributed by atoms with Crippen LogP contribution in [0.2, 0.25) is 0 Å². The molecule has 0 aliphatic carbocycles. The molecule has 0 saturated carbocycles. The van der Waals surface area contributed by atoms with Crippen molar-refractivity contribution in [3.8, 4) is 6.07 Å². The van der Waals surface area contributed by atoms with Gasteiger partial charge in [0.2, 0.25) is 5.91 Å². The van der Waals surface area contributed by atoms with Gasteiger partial charge in [0.05, 0.1) is 12.6 Å². The topological polar surface area (TPSA) is 74.8 Å². The molecular weight excluding hydrogens is 254 g/mol. The summed E-state index contributed by atoms with van der Waals surface area (Å²) in [6, 6.07) is 2.30. The number of nitrogens with zero attached hydrogens (tertiary/aromatic N) is 5. The second kappa shape index (κ2) is 6.04. The summed E-state index contributed by atoms with van der Waals surface area (Å²) < 4.78 is 1.96. The fourth-order valence-electron chi connectivity index (χ4n) is 2.89. The Balaban J connectivity index is 2.19. The van der Waals surface area contributed by atoms with Gasteiger partial charge in [-0.2, -0.15) is 5.26 Å². The minimum absolute atomic E-state index is 0.0436. The van der Waals surface area contributed by atoms with Crippen LogP contribution in [0.4, 0.5) is 0 Å². The fraction of sp³-hybridized carbons (Fsp3) is 0.714. The normalized spacial score (nSPS) is 14.8. The molecule has 0 fully saturated rings. The van der Waals surface area contributed by atoms with Crippen LogP contribution in [-0.4, -0.2) is 32.1 Å². The molecule has 1 aromatic rings. The first-order valence-electron chi connectivity index (χ1n) is 7.24. The molecule has 0 unspecified atom stereocenters. The standard InChI is InChI=1S/C14H21N5O/c1-3-5-14(10-15,6-4-2)13(20)18-7-8-19-11-16-17-12(19)9-18/h11H,3-9H2,1-2H3. The molecule has 0 bridgehead atoms. The molecule has 0 atom stereocenters. The van der Waals surface area contributed by atoms with Crippen LogP contribution in [0.25, 0.3) is 0 Å². The number of hydrogen-bond acceptors (Lipinski definition) is 4. The van der Waals surface area contributed by atoms with Gasteiger partial charge in [-0.3, -0.25) is 4.79 Å². The Morgan fingerprint density at radius 2 is 2.10 bits per heavy atom. The lowest BCUT2D eigenvalue weighted by Crippen LogP contribution is -2.46. The molecule has 2 rings (SSSR count). The number of carbonyl (C=O) groups is 1. The zero-order valence-corrected chi connectivity index (χ0v) is 12.2. The van der Waals surface area contributed by atoms with Gasteiger partial charge < -0.3 is 9.47 Å². The Kier molecular flexibility index (Phi) is 4.38. The van der Waals surface area contributed by atoms with Gasteiger partial charge in [-0.1, -0.05) is 26.7 Å². The summed E-state index contributed by atoms with van der Waals surface area (Å²) in [5.74, 6) is 0.752. The monoisotopic (exact) mass is 275 g/mol. The number of carbonyl (C=O) groups excluding carboxylic acids is 1. The summed E-state index contributed by atoms with van der Waals surface area (Å²) in [7, 11) is 0. The quantitative estimate of drug-likeness (QED) is 0.820. The lowest BCUT2D eigenvalue weighted by molar-refractivity contribution is -0.141. The van der Waals surface area contributed by atoms with E-state index < -0.39 is 5.41 Å². The van der Waals surface area contributed by atoms with Crippen molar-refractivity contribution in [2.45, 2.75) is 52.6 Å². The van der Waals surface area contributed by atoms with Crippen LogP contribution in [0.15, 0.2) is 6.33 Å². The van der Waals surface area contributed by atoms with E-state index in [-0.39, 0.29) is 5.91 Å². The van der Waals surface area contributed by atoms with Crippen LogP contribution in [0.5, 0.6) is 0 Å². The van der Waals surface area contributed by atoms with E-state index in [0.717, 1.165) is 18.7 Å². The molecule has 6 heteroatoms.